The van der Waals surface area contributed by atoms with Gasteiger partial charge in [-0.05, 0) is 18.8 Å². The molecule has 0 aromatic rings. The first-order valence-corrected chi connectivity index (χ1v) is 3.63. The molecule has 0 saturated heterocycles. The predicted octanol–water partition coefficient (Wildman–Crippen LogP) is 2.67. The van der Waals surface area contributed by atoms with Crippen LogP contribution in [-0.4, -0.2) is 0 Å². The van der Waals surface area contributed by atoms with Crippen molar-refractivity contribution in [2.75, 3.05) is 0 Å². The van der Waals surface area contributed by atoms with Gasteiger partial charge in [-0.15, -0.1) is 0 Å². The van der Waals surface area contributed by atoms with Crippen LogP contribution in [0.25, 0.3) is 0 Å². The molecule has 0 heteroatoms. The van der Waals surface area contributed by atoms with E-state index in [1.54, 1.807) is 0 Å². The fourth-order valence-electron chi connectivity index (χ4n) is 1.20. The minimum Gasteiger partial charge on any atom is -0.0619 e. The fourth-order valence-corrected chi connectivity index (χ4v) is 1.20. The van der Waals surface area contributed by atoms with Crippen molar-refractivity contribution in [1.82, 2.24) is 0 Å². The van der Waals surface area contributed by atoms with Gasteiger partial charge < -0.3 is 0 Å². The lowest BCUT2D eigenvalue weighted by Crippen LogP contribution is -1.89. The highest BCUT2D eigenvalue weighted by molar-refractivity contribution is 4.75. The van der Waals surface area contributed by atoms with Crippen molar-refractivity contribution in [3.8, 4) is 0 Å². The van der Waals surface area contributed by atoms with Gasteiger partial charge >= 0.3 is 0 Å². The smallest absolute Gasteiger partial charge is 0.0143 e. The first-order valence-electron chi connectivity index (χ1n) is 3.63. The molecule has 2 radical (unpaired) electrons. The SMILES string of the molecule is CC1[C]CCCCC1. The summed E-state index contributed by atoms with van der Waals surface area (Å²) in [6.07, 6.45) is 10.3. The van der Waals surface area contributed by atoms with Crippen LogP contribution in [0.15, 0.2) is 0 Å². The minimum atomic E-state index is 0.775. The number of rotatable bonds is 0. The average molecular weight is 110 g/mol. The van der Waals surface area contributed by atoms with Crippen LogP contribution in [0.2, 0.25) is 0 Å². The maximum absolute atomic E-state index is 3.44. The fraction of sp³-hybridized carbons (Fsp3) is 0.875. The Labute approximate surface area is 52.3 Å². The molecular weight excluding hydrogens is 96.1 g/mol. The summed E-state index contributed by atoms with van der Waals surface area (Å²) >= 11 is 0. The Balaban J connectivity index is 2.17. The third-order valence-corrected chi connectivity index (χ3v) is 1.81. The molecule has 1 saturated carbocycles. The van der Waals surface area contributed by atoms with Crippen LogP contribution >= 0.6 is 0 Å². The van der Waals surface area contributed by atoms with E-state index < -0.39 is 0 Å². The number of hydrogen-bond donors (Lipinski definition) is 0. The molecule has 1 fully saturated rings. The van der Waals surface area contributed by atoms with Crippen molar-refractivity contribution in [3.05, 3.63) is 6.42 Å². The molecule has 0 aromatic heterocycles. The van der Waals surface area contributed by atoms with E-state index in [-0.39, 0.29) is 0 Å². The first kappa shape index (κ1) is 6.12. The Hall–Kier alpha value is 0. The summed E-state index contributed by atoms with van der Waals surface area (Å²) in [4.78, 5) is 0. The summed E-state index contributed by atoms with van der Waals surface area (Å²) in [6, 6.07) is 0. The molecule has 1 unspecified atom stereocenters. The molecule has 0 N–H and O–H groups in total. The van der Waals surface area contributed by atoms with Gasteiger partial charge in [0.15, 0.2) is 0 Å². The van der Waals surface area contributed by atoms with Crippen LogP contribution in [0, 0.1) is 12.3 Å². The van der Waals surface area contributed by atoms with Gasteiger partial charge in [-0.2, -0.15) is 0 Å². The second-order valence-corrected chi connectivity index (χ2v) is 2.70. The Morgan fingerprint density at radius 3 is 3.00 bits per heavy atom. The van der Waals surface area contributed by atoms with Crippen LogP contribution < -0.4 is 0 Å². The highest BCUT2D eigenvalue weighted by atomic mass is 14.1. The molecule has 46 valence electrons. The normalized spacial score (nSPS) is 25.1. The quantitative estimate of drug-likeness (QED) is 0.420. The molecule has 0 aromatic carbocycles. The Morgan fingerprint density at radius 2 is 2.12 bits per heavy atom. The summed E-state index contributed by atoms with van der Waals surface area (Å²) < 4.78 is 0. The lowest BCUT2D eigenvalue weighted by Gasteiger charge is -2.01. The maximum atomic E-state index is 3.44. The summed E-state index contributed by atoms with van der Waals surface area (Å²) in [5.74, 6) is 0.775. The van der Waals surface area contributed by atoms with Crippen LogP contribution in [0.1, 0.15) is 39.0 Å². The zero-order valence-electron chi connectivity index (χ0n) is 5.61. The monoisotopic (exact) mass is 110 g/mol. The van der Waals surface area contributed by atoms with Crippen molar-refractivity contribution in [2.24, 2.45) is 5.92 Å². The van der Waals surface area contributed by atoms with Gasteiger partial charge in [-0.1, -0.05) is 32.6 Å². The molecule has 0 amide bonds. The van der Waals surface area contributed by atoms with Gasteiger partial charge in [0.25, 0.3) is 0 Å². The molecule has 1 rings (SSSR count). The minimum absolute atomic E-state index is 0.775. The van der Waals surface area contributed by atoms with Gasteiger partial charge in [-0.25, -0.2) is 0 Å². The lowest BCUT2D eigenvalue weighted by molar-refractivity contribution is 0.592. The largest absolute Gasteiger partial charge is 0.0619 e. The average Bonchev–Trinajstić information content (AvgIpc) is 1.94. The molecule has 0 heterocycles. The molecule has 8 heavy (non-hydrogen) atoms. The summed E-state index contributed by atoms with van der Waals surface area (Å²) in [5.41, 5.74) is 0. The van der Waals surface area contributed by atoms with Gasteiger partial charge in [0.1, 0.15) is 0 Å². The topological polar surface area (TPSA) is 0 Å². The second kappa shape index (κ2) is 3.11. The molecule has 0 aliphatic heterocycles. The third kappa shape index (κ3) is 1.85. The summed E-state index contributed by atoms with van der Waals surface area (Å²) in [6.45, 7) is 2.27. The van der Waals surface area contributed by atoms with Crippen molar-refractivity contribution in [2.45, 2.75) is 39.0 Å². The van der Waals surface area contributed by atoms with Gasteiger partial charge in [0.2, 0.25) is 0 Å². The molecule has 0 spiro atoms. The van der Waals surface area contributed by atoms with E-state index in [4.69, 9.17) is 0 Å². The van der Waals surface area contributed by atoms with Crippen LogP contribution in [0.3, 0.4) is 0 Å². The van der Waals surface area contributed by atoms with Crippen molar-refractivity contribution < 1.29 is 0 Å². The molecule has 1 aliphatic carbocycles. The standard InChI is InChI=1S/C8H14/c1-8-6-4-2-3-5-7-8/h8H,2-6H2,1H3. The van der Waals surface area contributed by atoms with Crippen LogP contribution in [0.4, 0.5) is 0 Å². The Bertz CT molecular complexity index is 49.1. The van der Waals surface area contributed by atoms with Gasteiger partial charge in [0.05, 0.1) is 0 Å². The lowest BCUT2D eigenvalue weighted by atomic mass is 10.0. The highest BCUT2D eigenvalue weighted by Crippen LogP contribution is 2.20. The van der Waals surface area contributed by atoms with E-state index in [1.807, 2.05) is 0 Å². The number of hydrogen-bond acceptors (Lipinski definition) is 0. The molecule has 0 nitrogen and oxygen atoms in total. The third-order valence-electron chi connectivity index (χ3n) is 1.81. The Kier molecular flexibility index (Phi) is 2.38. The van der Waals surface area contributed by atoms with Crippen LogP contribution in [0.5, 0.6) is 0 Å². The van der Waals surface area contributed by atoms with E-state index in [0.717, 1.165) is 5.92 Å². The first-order chi connectivity index (χ1) is 3.89. The van der Waals surface area contributed by atoms with Gasteiger partial charge in [0, 0.05) is 0 Å². The second-order valence-electron chi connectivity index (χ2n) is 2.70. The highest BCUT2D eigenvalue weighted by Gasteiger charge is 2.05. The van der Waals surface area contributed by atoms with Crippen molar-refractivity contribution in [3.63, 3.8) is 0 Å². The Morgan fingerprint density at radius 1 is 1.25 bits per heavy atom. The summed E-state index contributed by atoms with van der Waals surface area (Å²) in [7, 11) is 0. The van der Waals surface area contributed by atoms with Crippen molar-refractivity contribution in [1.29, 1.82) is 0 Å². The van der Waals surface area contributed by atoms with E-state index in [0.29, 0.717) is 0 Å². The zero-order valence-corrected chi connectivity index (χ0v) is 5.61. The molecular formula is C8H14. The van der Waals surface area contributed by atoms with Crippen molar-refractivity contribution >= 4 is 0 Å². The van der Waals surface area contributed by atoms with E-state index >= 15 is 0 Å². The van der Waals surface area contributed by atoms with E-state index in [2.05, 4.69) is 13.3 Å². The van der Waals surface area contributed by atoms with Crippen LogP contribution in [-0.2, 0) is 0 Å². The predicted molar refractivity (Wildman–Crippen MR) is 35.5 cm³/mol. The van der Waals surface area contributed by atoms with E-state index in [9.17, 15) is 0 Å². The zero-order chi connectivity index (χ0) is 5.82. The summed E-state index contributed by atoms with van der Waals surface area (Å²) in [5, 5.41) is 0. The van der Waals surface area contributed by atoms with Gasteiger partial charge in [-0.3, -0.25) is 0 Å². The molecule has 1 atom stereocenters. The maximum Gasteiger partial charge on any atom is -0.0143 e. The molecule has 0 bridgehead atoms. The van der Waals surface area contributed by atoms with E-state index in [1.165, 1.54) is 32.1 Å². The molecule has 1 aliphatic rings.